The number of morpholine rings is 1. The average Bonchev–Trinajstić information content (AvgIpc) is 2.44. The predicted octanol–water partition coefficient (Wildman–Crippen LogP) is 0.568. The van der Waals surface area contributed by atoms with Gasteiger partial charge in [-0.15, -0.1) is 0 Å². The number of nitrogens with zero attached hydrogens (tertiary/aromatic N) is 3. The fourth-order valence-electron chi connectivity index (χ4n) is 1.98. The van der Waals surface area contributed by atoms with Gasteiger partial charge in [0.25, 0.3) is 5.56 Å². The van der Waals surface area contributed by atoms with E-state index in [1.54, 1.807) is 13.2 Å². The Morgan fingerprint density at radius 1 is 1.47 bits per heavy atom. The number of hydrogen-bond acceptors (Lipinski definition) is 5. The molecule has 1 aromatic heterocycles. The van der Waals surface area contributed by atoms with Crippen LogP contribution >= 0.6 is 11.6 Å². The summed E-state index contributed by atoms with van der Waals surface area (Å²) in [7, 11) is 1.58. The third-order valence-electron chi connectivity index (χ3n) is 3.15. The molecule has 0 unspecified atom stereocenters. The lowest BCUT2D eigenvalue weighted by molar-refractivity contribution is 0.0378. The molecular weight excluding hydrogens is 268 g/mol. The van der Waals surface area contributed by atoms with Gasteiger partial charge in [-0.1, -0.05) is 11.6 Å². The highest BCUT2D eigenvalue weighted by atomic mass is 35.5. The first-order valence-corrected chi connectivity index (χ1v) is 6.82. The third-order valence-corrected chi connectivity index (χ3v) is 3.51. The molecule has 7 heteroatoms. The van der Waals surface area contributed by atoms with Crippen molar-refractivity contribution in [1.82, 2.24) is 14.7 Å². The largest absolute Gasteiger partial charge is 0.382 e. The highest BCUT2D eigenvalue weighted by Gasteiger charge is 2.10. The van der Waals surface area contributed by atoms with Gasteiger partial charge in [-0.3, -0.25) is 9.69 Å². The maximum atomic E-state index is 11.6. The number of halogens is 1. The van der Waals surface area contributed by atoms with Crippen molar-refractivity contribution in [3.63, 3.8) is 0 Å². The van der Waals surface area contributed by atoms with E-state index in [0.29, 0.717) is 5.69 Å². The van der Waals surface area contributed by atoms with Gasteiger partial charge < -0.3 is 10.1 Å². The van der Waals surface area contributed by atoms with Crippen LogP contribution in [0.2, 0.25) is 5.02 Å². The molecule has 0 spiro atoms. The highest BCUT2D eigenvalue weighted by Crippen LogP contribution is 2.14. The first-order chi connectivity index (χ1) is 9.18. The van der Waals surface area contributed by atoms with E-state index in [-0.39, 0.29) is 10.6 Å². The van der Waals surface area contributed by atoms with Crippen LogP contribution in [0, 0.1) is 0 Å². The van der Waals surface area contributed by atoms with Crippen molar-refractivity contribution in [2.75, 3.05) is 44.7 Å². The maximum Gasteiger partial charge on any atom is 0.287 e. The van der Waals surface area contributed by atoms with Crippen LogP contribution in [0.3, 0.4) is 0 Å². The number of aromatic nitrogens is 2. The van der Waals surface area contributed by atoms with E-state index in [4.69, 9.17) is 16.3 Å². The molecule has 0 radical (unpaired) electrons. The van der Waals surface area contributed by atoms with E-state index in [2.05, 4.69) is 15.3 Å². The first-order valence-electron chi connectivity index (χ1n) is 6.44. The molecule has 1 N–H and O–H groups in total. The minimum atomic E-state index is -0.278. The molecule has 2 rings (SSSR count). The lowest BCUT2D eigenvalue weighted by atomic mass is 10.3. The molecule has 106 valence electrons. The number of aryl methyl sites for hydroxylation is 1. The molecule has 1 aliphatic heterocycles. The quantitative estimate of drug-likeness (QED) is 0.802. The SMILES string of the molecule is Cn1ncc(NCCCN2CCOCC2)c(Cl)c1=O. The molecule has 6 nitrogen and oxygen atoms in total. The smallest absolute Gasteiger partial charge is 0.287 e. The molecular formula is C12H19ClN4O2. The van der Waals surface area contributed by atoms with Crippen molar-refractivity contribution in [3.8, 4) is 0 Å². The summed E-state index contributed by atoms with van der Waals surface area (Å²) >= 11 is 5.96. The van der Waals surface area contributed by atoms with Crippen LogP contribution in [-0.2, 0) is 11.8 Å². The van der Waals surface area contributed by atoms with Gasteiger partial charge in [0.1, 0.15) is 5.02 Å². The second-order valence-electron chi connectivity index (χ2n) is 4.54. The van der Waals surface area contributed by atoms with Gasteiger partial charge in [-0.25, -0.2) is 4.68 Å². The number of anilines is 1. The molecule has 0 saturated carbocycles. The Morgan fingerprint density at radius 3 is 2.95 bits per heavy atom. The van der Waals surface area contributed by atoms with E-state index in [1.807, 2.05) is 0 Å². The van der Waals surface area contributed by atoms with E-state index < -0.39 is 0 Å². The van der Waals surface area contributed by atoms with Crippen LogP contribution in [0.4, 0.5) is 5.69 Å². The zero-order valence-electron chi connectivity index (χ0n) is 11.1. The lowest BCUT2D eigenvalue weighted by Gasteiger charge is -2.26. The van der Waals surface area contributed by atoms with Crippen molar-refractivity contribution < 1.29 is 4.74 Å². The topological polar surface area (TPSA) is 59.4 Å². The van der Waals surface area contributed by atoms with Crippen molar-refractivity contribution in [2.24, 2.45) is 7.05 Å². The van der Waals surface area contributed by atoms with E-state index >= 15 is 0 Å². The molecule has 0 amide bonds. The Bertz CT molecular complexity index is 471. The van der Waals surface area contributed by atoms with Gasteiger partial charge in [0.05, 0.1) is 25.1 Å². The molecule has 0 aromatic carbocycles. The summed E-state index contributed by atoms with van der Waals surface area (Å²) in [4.78, 5) is 13.9. The summed E-state index contributed by atoms with van der Waals surface area (Å²) in [5.74, 6) is 0. The molecule has 1 aromatic rings. The number of nitrogens with one attached hydrogen (secondary N) is 1. The van der Waals surface area contributed by atoms with Crippen molar-refractivity contribution >= 4 is 17.3 Å². The normalized spacial score (nSPS) is 16.5. The van der Waals surface area contributed by atoms with Gasteiger partial charge in [-0.05, 0) is 13.0 Å². The molecule has 2 heterocycles. The van der Waals surface area contributed by atoms with Gasteiger partial charge in [-0.2, -0.15) is 5.10 Å². The number of rotatable bonds is 5. The molecule has 19 heavy (non-hydrogen) atoms. The van der Waals surface area contributed by atoms with Crippen molar-refractivity contribution in [3.05, 3.63) is 21.6 Å². The summed E-state index contributed by atoms with van der Waals surface area (Å²) in [6.07, 6.45) is 2.57. The number of hydrogen-bond donors (Lipinski definition) is 1. The Kier molecular flexibility index (Phi) is 5.18. The minimum absolute atomic E-state index is 0.198. The zero-order valence-corrected chi connectivity index (χ0v) is 11.8. The Hall–Kier alpha value is -1.11. The van der Waals surface area contributed by atoms with E-state index in [9.17, 15) is 4.79 Å². The summed E-state index contributed by atoms with van der Waals surface area (Å²) in [6.45, 7) is 5.41. The van der Waals surface area contributed by atoms with Crippen LogP contribution < -0.4 is 10.9 Å². The Balaban J connectivity index is 1.76. The molecule has 0 aliphatic carbocycles. The van der Waals surface area contributed by atoms with Crippen LogP contribution in [0.1, 0.15) is 6.42 Å². The van der Waals surface area contributed by atoms with Crippen LogP contribution in [0.15, 0.2) is 11.0 Å². The fourth-order valence-corrected chi connectivity index (χ4v) is 2.22. The summed E-state index contributed by atoms with van der Waals surface area (Å²) < 4.78 is 6.52. The molecule has 0 atom stereocenters. The Labute approximate surface area is 117 Å². The van der Waals surface area contributed by atoms with Crippen LogP contribution in [0.5, 0.6) is 0 Å². The van der Waals surface area contributed by atoms with E-state index in [1.165, 1.54) is 4.68 Å². The van der Waals surface area contributed by atoms with Crippen LogP contribution in [-0.4, -0.2) is 54.1 Å². The molecule has 0 bridgehead atoms. The number of ether oxygens (including phenoxy) is 1. The monoisotopic (exact) mass is 286 g/mol. The van der Waals surface area contributed by atoms with Crippen molar-refractivity contribution in [1.29, 1.82) is 0 Å². The fraction of sp³-hybridized carbons (Fsp3) is 0.667. The standard InChI is InChI=1S/C12H19ClN4O2/c1-16-12(18)11(13)10(9-15-16)14-3-2-4-17-5-7-19-8-6-17/h9,14H,2-8H2,1H3. The average molecular weight is 287 g/mol. The molecule has 1 aliphatic rings. The second kappa shape index (κ2) is 6.88. The molecule has 1 fully saturated rings. The summed E-state index contributed by atoms with van der Waals surface area (Å²) in [6, 6.07) is 0. The van der Waals surface area contributed by atoms with Gasteiger partial charge in [0.2, 0.25) is 0 Å². The minimum Gasteiger partial charge on any atom is -0.382 e. The zero-order chi connectivity index (χ0) is 13.7. The first kappa shape index (κ1) is 14.3. The Morgan fingerprint density at radius 2 is 2.21 bits per heavy atom. The third kappa shape index (κ3) is 3.92. The summed E-state index contributed by atoms with van der Waals surface area (Å²) in [5, 5.41) is 7.29. The second-order valence-corrected chi connectivity index (χ2v) is 4.91. The summed E-state index contributed by atoms with van der Waals surface area (Å²) in [5.41, 5.74) is 0.326. The lowest BCUT2D eigenvalue weighted by Crippen LogP contribution is -2.37. The van der Waals surface area contributed by atoms with Crippen LogP contribution in [0.25, 0.3) is 0 Å². The predicted molar refractivity (Wildman–Crippen MR) is 74.9 cm³/mol. The van der Waals surface area contributed by atoms with Gasteiger partial charge in [0, 0.05) is 26.7 Å². The van der Waals surface area contributed by atoms with Gasteiger partial charge in [0.15, 0.2) is 0 Å². The van der Waals surface area contributed by atoms with E-state index in [0.717, 1.165) is 45.8 Å². The maximum absolute atomic E-state index is 11.6. The highest BCUT2D eigenvalue weighted by molar-refractivity contribution is 6.32. The van der Waals surface area contributed by atoms with Crippen molar-refractivity contribution in [2.45, 2.75) is 6.42 Å². The van der Waals surface area contributed by atoms with Gasteiger partial charge >= 0.3 is 0 Å². The molecule has 1 saturated heterocycles.